The first-order valence-corrected chi connectivity index (χ1v) is 10.7. The third-order valence-electron chi connectivity index (χ3n) is 5.66. The molecule has 0 aromatic heterocycles. The maximum atomic E-state index is 13.1. The molecule has 0 fully saturated rings. The molecule has 182 valence electrons. The molecule has 7 nitrogen and oxygen atoms in total. The minimum atomic E-state index is -4.96. The maximum Gasteiger partial charge on any atom is 0.409 e. The quantitative estimate of drug-likeness (QED) is 0.531. The molecule has 10 heteroatoms. The molecule has 1 unspecified atom stereocenters. The average Bonchev–Trinajstić information content (AvgIpc) is 3.08. The van der Waals surface area contributed by atoms with Crippen molar-refractivity contribution >= 4 is 18.0 Å². The summed E-state index contributed by atoms with van der Waals surface area (Å²) in [7, 11) is 0. The van der Waals surface area contributed by atoms with Gasteiger partial charge in [0.25, 0.3) is 0 Å². The van der Waals surface area contributed by atoms with Gasteiger partial charge in [0.2, 0.25) is 5.91 Å². The molecule has 2 aromatic carbocycles. The highest BCUT2D eigenvalue weighted by Gasteiger charge is 2.43. The van der Waals surface area contributed by atoms with Crippen molar-refractivity contribution in [3.63, 3.8) is 0 Å². The van der Waals surface area contributed by atoms with E-state index in [0.29, 0.717) is 0 Å². The summed E-state index contributed by atoms with van der Waals surface area (Å²) in [6.07, 6.45) is -7.25. The number of alkyl carbamates (subject to hydrolysis) is 1. The molecule has 0 saturated heterocycles. The number of carboxylic acids is 1. The lowest BCUT2D eigenvalue weighted by Crippen LogP contribution is -2.55. The van der Waals surface area contributed by atoms with Crippen molar-refractivity contribution in [2.24, 2.45) is 5.92 Å². The van der Waals surface area contributed by atoms with Crippen LogP contribution in [0.1, 0.15) is 37.3 Å². The molecule has 1 aliphatic carbocycles. The van der Waals surface area contributed by atoms with Gasteiger partial charge in [-0.25, -0.2) is 4.79 Å². The van der Waals surface area contributed by atoms with E-state index in [0.717, 1.165) is 22.3 Å². The third-order valence-corrected chi connectivity index (χ3v) is 5.66. The van der Waals surface area contributed by atoms with Gasteiger partial charge in [0.05, 0.1) is 6.42 Å². The molecule has 1 aliphatic rings. The summed E-state index contributed by atoms with van der Waals surface area (Å²) in [4.78, 5) is 35.7. The summed E-state index contributed by atoms with van der Waals surface area (Å²) in [5, 5.41) is 12.7. The number of hydrogen-bond donors (Lipinski definition) is 3. The molecule has 0 aliphatic heterocycles. The van der Waals surface area contributed by atoms with Crippen molar-refractivity contribution in [2.75, 3.05) is 6.61 Å². The number of hydrogen-bond acceptors (Lipinski definition) is 4. The van der Waals surface area contributed by atoms with Crippen molar-refractivity contribution in [3.8, 4) is 11.1 Å². The van der Waals surface area contributed by atoms with Gasteiger partial charge >= 0.3 is 18.2 Å². The molecule has 0 saturated carbocycles. The van der Waals surface area contributed by atoms with Crippen LogP contribution in [0.25, 0.3) is 11.1 Å². The number of benzene rings is 2. The topological polar surface area (TPSA) is 105 Å². The number of carboxylic acid groups (broad SMARTS) is 1. The predicted octanol–water partition coefficient (Wildman–Crippen LogP) is 4.07. The second kappa shape index (κ2) is 10.1. The van der Waals surface area contributed by atoms with Gasteiger partial charge in [0.15, 0.2) is 0 Å². The molecule has 2 aromatic rings. The molecule has 3 N–H and O–H groups in total. The van der Waals surface area contributed by atoms with Gasteiger partial charge in [0, 0.05) is 5.92 Å². The lowest BCUT2D eigenvalue weighted by molar-refractivity contribution is -0.170. The first kappa shape index (κ1) is 25.1. The van der Waals surface area contributed by atoms with Gasteiger partial charge in [-0.15, -0.1) is 0 Å². The number of carbonyl (C=O) groups is 3. The van der Waals surface area contributed by atoms with Crippen LogP contribution in [0.15, 0.2) is 48.5 Å². The second-order valence-corrected chi connectivity index (χ2v) is 8.39. The fourth-order valence-corrected chi connectivity index (χ4v) is 3.99. The molecule has 0 radical (unpaired) electrons. The molecule has 0 bridgehead atoms. The zero-order valence-electron chi connectivity index (χ0n) is 18.6. The summed E-state index contributed by atoms with van der Waals surface area (Å²) in [6, 6.07) is 11.5. The Bertz CT molecular complexity index is 1030. The van der Waals surface area contributed by atoms with E-state index < -0.39 is 48.6 Å². The van der Waals surface area contributed by atoms with Gasteiger partial charge in [-0.1, -0.05) is 62.4 Å². The van der Waals surface area contributed by atoms with Crippen molar-refractivity contribution in [1.82, 2.24) is 10.6 Å². The SMILES string of the molecule is CC(C)[C@@H](NC(=O)OCC1c2ccccc2-c2ccccc21)C(=O)NC(CC(=O)O)C(F)(F)F. The maximum absolute atomic E-state index is 13.1. The Morgan fingerprint density at radius 3 is 1.97 bits per heavy atom. The number of rotatable bonds is 8. The number of halogens is 3. The Hall–Kier alpha value is -3.56. The number of aliphatic carboxylic acids is 1. The summed E-state index contributed by atoms with van der Waals surface area (Å²) in [6.45, 7) is 3.04. The fraction of sp³-hybridized carbons (Fsp3) is 0.375. The molecule has 0 spiro atoms. The van der Waals surface area contributed by atoms with Crippen LogP contribution in [-0.2, 0) is 14.3 Å². The smallest absolute Gasteiger partial charge is 0.409 e. The number of ether oxygens (including phenoxy) is 1. The Balaban J connectivity index is 1.67. The minimum absolute atomic E-state index is 0.0313. The molecule has 34 heavy (non-hydrogen) atoms. The number of alkyl halides is 3. The van der Waals surface area contributed by atoms with Gasteiger partial charge in [-0.05, 0) is 28.2 Å². The van der Waals surface area contributed by atoms with Crippen molar-refractivity contribution in [2.45, 2.75) is 44.4 Å². The average molecular weight is 478 g/mol. The molecule has 0 heterocycles. The van der Waals surface area contributed by atoms with Crippen LogP contribution < -0.4 is 10.6 Å². The highest BCUT2D eigenvalue weighted by molar-refractivity contribution is 5.86. The van der Waals surface area contributed by atoms with E-state index in [1.807, 2.05) is 48.5 Å². The molecule has 3 rings (SSSR count). The number of amides is 2. The lowest BCUT2D eigenvalue weighted by Gasteiger charge is -2.26. The van der Waals surface area contributed by atoms with E-state index >= 15 is 0 Å². The number of carbonyl (C=O) groups excluding carboxylic acids is 2. The lowest BCUT2D eigenvalue weighted by atomic mass is 9.98. The Morgan fingerprint density at radius 1 is 0.971 bits per heavy atom. The van der Waals surface area contributed by atoms with Gasteiger partial charge in [-0.3, -0.25) is 9.59 Å². The Labute approximate surface area is 194 Å². The van der Waals surface area contributed by atoms with Crippen molar-refractivity contribution in [1.29, 1.82) is 0 Å². The molecular weight excluding hydrogens is 453 g/mol. The van der Waals surface area contributed by atoms with E-state index in [9.17, 15) is 27.6 Å². The number of nitrogens with one attached hydrogen (secondary N) is 2. The third kappa shape index (κ3) is 5.67. The van der Waals surface area contributed by atoms with E-state index in [1.165, 1.54) is 13.8 Å². The van der Waals surface area contributed by atoms with Crippen LogP contribution in [0.3, 0.4) is 0 Å². The van der Waals surface area contributed by atoms with Gasteiger partial charge in [0.1, 0.15) is 18.7 Å². The first-order chi connectivity index (χ1) is 16.0. The van der Waals surface area contributed by atoms with E-state index in [4.69, 9.17) is 9.84 Å². The molecule has 2 amide bonds. The highest BCUT2D eigenvalue weighted by Crippen LogP contribution is 2.44. The summed E-state index contributed by atoms with van der Waals surface area (Å²) < 4.78 is 44.7. The van der Waals surface area contributed by atoms with Crippen LogP contribution in [0.4, 0.5) is 18.0 Å². The van der Waals surface area contributed by atoms with Crippen LogP contribution >= 0.6 is 0 Å². The molecule has 2 atom stereocenters. The normalized spacial score (nSPS) is 14.6. The zero-order chi connectivity index (χ0) is 25.0. The van der Waals surface area contributed by atoms with Gasteiger partial charge < -0.3 is 20.5 Å². The molecular formula is C24H25F3N2O5. The van der Waals surface area contributed by atoms with Gasteiger partial charge in [-0.2, -0.15) is 13.2 Å². The van der Waals surface area contributed by atoms with Crippen LogP contribution in [-0.4, -0.2) is 47.9 Å². The van der Waals surface area contributed by atoms with Crippen LogP contribution in [0, 0.1) is 5.92 Å². The van der Waals surface area contributed by atoms with Crippen LogP contribution in [0.5, 0.6) is 0 Å². The van der Waals surface area contributed by atoms with E-state index in [1.54, 1.807) is 5.32 Å². The Morgan fingerprint density at radius 2 is 1.50 bits per heavy atom. The standard InChI is InChI=1S/C24H25F3N2O5/c1-13(2)21(22(32)28-19(11-20(30)31)24(25,26)27)29-23(33)34-12-18-16-9-5-3-7-14(16)15-8-4-6-10-17(15)18/h3-10,13,18-19,21H,11-12H2,1-2H3,(H,28,32)(H,29,33)(H,30,31)/t19?,21-/m1/s1. The Kier molecular flexibility index (Phi) is 7.48. The fourth-order valence-electron chi connectivity index (χ4n) is 3.99. The highest BCUT2D eigenvalue weighted by atomic mass is 19.4. The van der Waals surface area contributed by atoms with E-state index in [-0.39, 0.29) is 12.5 Å². The largest absolute Gasteiger partial charge is 0.481 e. The van der Waals surface area contributed by atoms with Crippen molar-refractivity contribution < 1.29 is 37.4 Å². The summed E-state index contributed by atoms with van der Waals surface area (Å²) in [5.74, 6) is -3.67. The minimum Gasteiger partial charge on any atom is -0.481 e. The summed E-state index contributed by atoms with van der Waals surface area (Å²) in [5.41, 5.74) is 4.03. The van der Waals surface area contributed by atoms with Crippen LogP contribution in [0.2, 0.25) is 0 Å². The van der Waals surface area contributed by atoms with Crippen molar-refractivity contribution in [3.05, 3.63) is 59.7 Å². The van der Waals surface area contributed by atoms with E-state index in [2.05, 4.69) is 5.32 Å². The monoisotopic (exact) mass is 478 g/mol. The summed E-state index contributed by atoms with van der Waals surface area (Å²) >= 11 is 0. The zero-order valence-corrected chi connectivity index (χ0v) is 18.6. The number of fused-ring (bicyclic) bond motifs is 3. The first-order valence-electron chi connectivity index (χ1n) is 10.7. The predicted molar refractivity (Wildman–Crippen MR) is 117 cm³/mol. The second-order valence-electron chi connectivity index (χ2n) is 8.39.